The highest BCUT2D eigenvalue weighted by Crippen LogP contribution is 2.31. The summed E-state index contributed by atoms with van der Waals surface area (Å²) in [4.78, 5) is 26.3. The number of aliphatic hydroxyl groups is 4. The van der Waals surface area contributed by atoms with Gasteiger partial charge in [-0.25, -0.2) is 4.79 Å². The van der Waals surface area contributed by atoms with Crippen LogP contribution in [-0.4, -0.2) is 87.1 Å². The molecule has 0 aliphatic heterocycles. The van der Waals surface area contributed by atoms with Gasteiger partial charge in [0.1, 0.15) is 23.2 Å². The lowest BCUT2D eigenvalue weighted by molar-refractivity contribution is -0.140. The number of nitrogens with zero attached hydrogens (tertiary/aromatic N) is 1. The van der Waals surface area contributed by atoms with Gasteiger partial charge in [-0.3, -0.25) is 9.79 Å². The van der Waals surface area contributed by atoms with Gasteiger partial charge in [0.15, 0.2) is 11.8 Å². The number of aliphatic hydroxyl groups excluding tert-OH is 3. The van der Waals surface area contributed by atoms with Crippen LogP contribution >= 0.6 is 0 Å². The third-order valence-electron chi connectivity index (χ3n) is 3.77. The van der Waals surface area contributed by atoms with Gasteiger partial charge in [0, 0.05) is 6.42 Å². The number of Topliss-reactive ketones (excluding diaryl/α,β-unsaturated/α-hetero) is 1. The highest BCUT2D eigenvalue weighted by atomic mass is 16.5. The summed E-state index contributed by atoms with van der Waals surface area (Å²) in [6, 6.07) is -1.62. The van der Waals surface area contributed by atoms with E-state index in [1.54, 1.807) is 0 Å². The molecule has 0 aromatic carbocycles. The van der Waals surface area contributed by atoms with E-state index in [0.717, 1.165) is 0 Å². The molecule has 0 bridgehead atoms. The van der Waals surface area contributed by atoms with Crippen LogP contribution < -0.4 is 5.32 Å². The molecule has 1 rings (SSSR count). The first-order valence-corrected chi connectivity index (χ1v) is 7.58. The Bertz CT molecular complexity index is 586. The number of ether oxygens (including phenoxy) is 1. The van der Waals surface area contributed by atoms with Gasteiger partial charge in [0.25, 0.3) is 0 Å². The number of nitrogens with one attached hydrogen (secondary N) is 1. The Hall–Kier alpha value is -2.01. The summed E-state index contributed by atoms with van der Waals surface area (Å²) >= 11 is 0. The normalized spacial score (nSPS) is 27.8. The summed E-state index contributed by atoms with van der Waals surface area (Å²) in [5.41, 5.74) is -2.22. The first-order valence-electron chi connectivity index (χ1n) is 7.58. The zero-order chi connectivity index (χ0) is 19.4. The van der Waals surface area contributed by atoms with Crippen molar-refractivity contribution in [3.63, 3.8) is 0 Å². The average Bonchev–Trinajstić information content (AvgIpc) is 2.53. The Kier molecular flexibility index (Phi) is 7.06. The van der Waals surface area contributed by atoms with E-state index in [1.807, 2.05) is 0 Å². The number of carbonyl (C=O) groups excluding carboxylic acids is 1. The van der Waals surface area contributed by atoms with Crippen LogP contribution in [0, 0.1) is 0 Å². The van der Waals surface area contributed by atoms with Crippen molar-refractivity contribution in [2.75, 3.05) is 20.3 Å². The second-order valence-corrected chi connectivity index (χ2v) is 5.95. The summed E-state index contributed by atoms with van der Waals surface area (Å²) in [6.45, 7) is 1.59. The van der Waals surface area contributed by atoms with E-state index in [1.165, 1.54) is 21.0 Å². The Morgan fingerprint density at radius 2 is 2.08 bits per heavy atom. The van der Waals surface area contributed by atoms with Crippen molar-refractivity contribution in [1.82, 2.24) is 5.32 Å². The maximum absolute atomic E-state index is 11.3. The zero-order valence-corrected chi connectivity index (χ0v) is 14.3. The van der Waals surface area contributed by atoms with Crippen LogP contribution in [-0.2, 0) is 14.3 Å². The van der Waals surface area contributed by atoms with Crippen LogP contribution in [0.15, 0.2) is 16.4 Å². The smallest absolute Gasteiger partial charge is 0.331 e. The van der Waals surface area contributed by atoms with E-state index < -0.39 is 36.4 Å². The van der Waals surface area contributed by atoms with Crippen LogP contribution in [0.5, 0.6) is 0 Å². The second-order valence-electron chi connectivity index (χ2n) is 5.95. The molecule has 0 saturated carbocycles. The van der Waals surface area contributed by atoms with E-state index in [4.69, 9.17) is 4.74 Å². The topological polar surface area (TPSA) is 169 Å². The number of aliphatic imine (C=N–C) groups is 1. The molecule has 0 aromatic heterocycles. The minimum Gasteiger partial charge on any atom is -0.493 e. The van der Waals surface area contributed by atoms with Crippen molar-refractivity contribution in [2.45, 2.75) is 44.1 Å². The predicted molar refractivity (Wildman–Crippen MR) is 85.9 cm³/mol. The van der Waals surface area contributed by atoms with Gasteiger partial charge in [-0.05, 0) is 13.8 Å². The molecule has 0 heterocycles. The van der Waals surface area contributed by atoms with E-state index in [2.05, 4.69) is 10.3 Å². The number of carboxylic acid groups (broad SMARTS) is 1. The Balaban J connectivity index is 3.47. The predicted octanol–water partition coefficient (Wildman–Crippen LogP) is -2.21. The van der Waals surface area contributed by atoms with Crippen molar-refractivity contribution >= 4 is 17.5 Å². The molecule has 10 heteroatoms. The number of aliphatic carboxylic acids is 1. The van der Waals surface area contributed by atoms with E-state index in [9.17, 15) is 35.1 Å². The van der Waals surface area contributed by atoms with Crippen LogP contribution in [0.3, 0.4) is 0 Å². The van der Waals surface area contributed by atoms with E-state index in [0.29, 0.717) is 0 Å². The lowest BCUT2D eigenvalue weighted by atomic mass is 9.82. The molecule has 0 aromatic rings. The monoisotopic (exact) mass is 360 g/mol. The van der Waals surface area contributed by atoms with Crippen LogP contribution in [0.4, 0.5) is 0 Å². The van der Waals surface area contributed by atoms with E-state index in [-0.39, 0.29) is 35.9 Å². The van der Waals surface area contributed by atoms with Gasteiger partial charge < -0.3 is 35.6 Å². The maximum atomic E-state index is 11.3. The molecular weight excluding hydrogens is 336 g/mol. The second kappa shape index (κ2) is 8.39. The molecule has 1 aliphatic carbocycles. The Morgan fingerprint density at radius 1 is 1.48 bits per heavy atom. The molecular formula is C15H24N2O8. The van der Waals surface area contributed by atoms with Crippen molar-refractivity contribution in [1.29, 1.82) is 0 Å². The van der Waals surface area contributed by atoms with Crippen LogP contribution in [0.2, 0.25) is 0 Å². The summed E-state index contributed by atoms with van der Waals surface area (Å²) in [5, 5.41) is 51.8. The quantitative estimate of drug-likeness (QED) is 0.281. The highest BCUT2D eigenvalue weighted by molar-refractivity contribution is 6.05. The Labute approximate surface area is 144 Å². The average molecular weight is 360 g/mol. The van der Waals surface area contributed by atoms with Gasteiger partial charge in [-0.15, -0.1) is 0 Å². The van der Waals surface area contributed by atoms with Gasteiger partial charge in [0.05, 0.1) is 32.1 Å². The summed E-state index contributed by atoms with van der Waals surface area (Å²) in [5.74, 6) is -1.72. The minimum absolute atomic E-state index is 0.0567. The van der Waals surface area contributed by atoms with Gasteiger partial charge in [-0.1, -0.05) is 0 Å². The fraction of sp³-hybridized carbons (Fsp3) is 0.667. The third kappa shape index (κ3) is 4.75. The van der Waals surface area contributed by atoms with Crippen molar-refractivity contribution in [2.24, 2.45) is 4.99 Å². The highest BCUT2D eigenvalue weighted by Gasteiger charge is 2.46. The van der Waals surface area contributed by atoms with Crippen molar-refractivity contribution < 1.29 is 39.9 Å². The number of hydrogen-bond acceptors (Lipinski definition) is 9. The molecule has 0 radical (unpaired) electrons. The fourth-order valence-corrected chi connectivity index (χ4v) is 2.41. The molecule has 1 aliphatic rings. The molecule has 2 unspecified atom stereocenters. The molecule has 0 saturated heterocycles. The number of rotatable bonds is 8. The molecule has 0 amide bonds. The molecule has 0 fully saturated rings. The first-order chi connectivity index (χ1) is 11.6. The zero-order valence-electron chi connectivity index (χ0n) is 14.3. The SMILES string of the molecule is COC1=C(NCC(C)=O)C[C@@](O)(CO)[C@@H](O)C1=NC(C(=O)O)C(C)O. The number of ketones is 1. The maximum Gasteiger partial charge on any atom is 0.331 e. The largest absolute Gasteiger partial charge is 0.493 e. The van der Waals surface area contributed by atoms with Crippen LogP contribution in [0.25, 0.3) is 0 Å². The Morgan fingerprint density at radius 3 is 2.48 bits per heavy atom. The van der Waals surface area contributed by atoms with Gasteiger partial charge in [0.2, 0.25) is 0 Å². The summed E-state index contributed by atoms with van der Waals surface area (Å²) in [6.07, 6.45) is -3.41. The standard InChI is InChI=1S/C15H24N2O8/c1-7(19)5-16-9-4-15(24,6-18)13(21)11(12(9)25-3)17-10(8(2)20)14(22)23/h8,10,13,16,18,20-21,24H,4-6H2,1-3H3,(H,22,23)/t8?,10?,13-,15+/m0/s1. The fourth-order valence-electron chi connectivity index (χ4n) is 2.41. The number of hydrogen-bond donors (Lipinski definition) is 6. The molecule has 0 spiro atoms. The van der Waals surface area contributed by atoms with Crippen molar-refractivity contribution in [3.8, 4) is 0 Å². The summed E-state index contributed by atoms with van der Waals surface area (Å²) < 4.78 is 5.17. The van der Waals surface area contributed by atoms with E-state index >= 15 is 0 Å². The minimum atomic E-state index is -2.05. The molecule has 142 valence electrons. The molecule has 6 N–H and O–H groups in total. The third-order valence-corrected chi connectivity index (χ3v) is 3.77. The first kappa shape index (κ1) is 21.0. The van der Waals surface area contributed by atoms with Crippen LogP contribution in [0.1, 0.15) is 20.3 Å². The van der Waals surface area contributed by atoms with Gasteiger partial charge >= 0.3 is 5.97 Å². The molecule has 4 atom stereocenters. The van der Waals surface area contributed by atoms with Gasteiger partial charge in [-0.2, -0.15) is 0 Å². The number of carbonyl (C=O) groups is 2. The number of carboxylic acids is 1. The number of methoxy groups -OCH3 is 1. The lowest BCUT2D eigenvalue weighted by Crippen LogP contribution is -2.56. The van der Waals surface area contributed by atoms with Crippen molar-refractivity contribution in [3.05, 3.63) is 11.5 Å². The molecule has 10 nitrogen and oxygen atoms in total. The molecule has 25 heavy (non-hydrogen) atoms. The summed E-state index contributed by atoms with van der Waals surface area (Å²) in [7, 11) is 1.24. The lowest BCUT2D eigenvalue weighted by Gasteiger charge is -2.38.